The largest absolute Gasteiger partial charge is 0.324 e. The van der Waals surface area contributed by atoms with Crippen molar-refractivity contribution in [3.05, 3.63) is 76.5 Å². The second-order valence-electron chi connectivity index (χ2n) is 6.85. The van der Waals surface area contributed by atoms with Crippen LogP contribution < -0.4 is 4.72 Å². The number of thiophene rings is 1. The molecule has 1 N–H and O–H groups in total. The molecular weight excluding hydrogens is 404 g/mol. The molecule has 0 amide bonds. The van der Waals surface area contributed by atoms with Gasteiger partial charge in [0.25, 0.3) is 0 Å². The van der Waals surface area contributed by atoms with Gasteiger partial charge in [-0.25, -0.2) is 18.1 Å². The maximum atomic E-state index is 12.8. The molecule has 0 fully saturated rings. The van der Waals surface area contributed by atoms with Crippen molar-refractivity contribution in [3.63, 3.8) is 0 Å². The Balaban J connectivity index is 1.55. The zero-order valence-corrected chi connectivity index (χ0v) is 17.9. The van der Waals surface area contributed by atoms with E-state index in [4.69, 9.17) is 0 Å². The summed E-state index contributed by atoms with van der Waals surface area (Å²) in [4.78, 5) is 9.93. The van der Waals surface area contributed by atoms with Gasteiger partial charge in [0.2, 0.25) is 10.0 Å². The van der Waals surface area contributed by atoms with Gasteiger partial charge >= 0.3 is 0 Å². The quantitative estimate of drug-likeness (QED) is 0.479. The van der Waals surface area contributed by atoms with Crippen LogP contribution in [0.2, 0.25) is 0 Å². The van der Waals surface area contributed by atoms with Gasteiger partial charge in [-0.15, -0.1) is 11.3 Å². The highest BCUT2D eigenvalue weighted by atomic mass is 32.2. The maximum absolute atomic E-state index is 12.8. The first-order valence-corrected chi connectivity index (χ1v) is 11.8. The van der Waals surface area contributed by atoms with Gasteiger partial charge in [-0.3, -0.25) is 4.98 Å². The molecule has 0 saturated heterocycles. The average molecular weight is 427 g/mol. The van der Waals surface area contributed by atoms with Gasteiger partial charge in [0.05, 0.1) is 22.7 Å². The first-order valence-electron chi connectivity index (χ1n) is 9.39. The van der Waals surface area contributed by atoms with Crippen LogP contribution in [-0.2, 0) is 16.6 Å². The molecule has 4 rings (SSSR count). The number of nitrogens with one attached hydrogen (secondary N) is 1. The second-order valence-corrected chi connectivity index (χ2v) is 9.54. The number of pyridine rings is 1. The van der Waals surface area contributed by atoms with Crippen LogP contribution in [0.5, 0.6) is 0 Å². The maximum Gasteiger partial charge on any atom is 0.241 e. The topological polar surface area (TPSA) is 76.9 Å². The number of hydrogen-bond acceptors (Lipinski definition) is 5. The van der Waals surface area contributed by atoms with E-state index in [9.17, 15) is 8.42 Å². The Labute approximate surface area is 174 Å². The van der Waals surface area contributed by atoms with E-state index in [-0.39, 0.29) is 10.9 Å². The number of aryl methyl sites for hydroxylation is 1. The number of rotatable bonds is 7. The zero-order valence-electron chi connectivity index (χ0n) is 16.2. The van der Waals surface area contributed by atoms with Crippen LogP contribution in [0.4, 0.5) is 0 Å². The van der Waals surface area contributed by atoms with Crippen LogP contribution in [-0.4, -0.2) is 23.0 Å². The summed E-state index contributed by atoms with van der Waals surface area (Å²) < 4.78 is 30.6. The molecule has 29 heavy (non-hydrogen) atoms. The highest BCUT2D eigenvalue weighted by Gasteiger charge is 2.21. The smallest absolute Gasteiger partial charge is 0.241 e. The Morgan fingerprint density at radius 3 is 2.66 bits per heavy atom. The van der Waals surface area contributed by atoms with E-state index in [2.05, 4.69) is 19.3 Å². The van der Waals surface area contributed by atoms with Crippen molar-refractivity contribution in [1.82, 2.24) is 19.3 Å². The molecule has 1 unspecified atom stereocenters. The third-order valence-electron chi connectivity index (χ3n) is 4.91. The summed E-state index contributed by atoms with van der Waals surface area (Å²) in [6.45, 7) is 4.55. The first-order chi connectivity index (χ1) is 14.0. The van der Waals surface area contributed by atoms with Gasteiger partial charge in [-0.2, -0.15) is 0 Å². The monoisotopic (exact) mass is 426 g/mol. The molecule has 3 aromatic heterocycles. The average Bonchev–Trinajstić information content (AvgIpc) is 3.35. The van der Waals surface area contributed by atoms with Crippen molar-refractivity contribution >= 4 is 32.4 Å². The molecule has 1 atom stereocenters. The second kappa shape index (κ2) is 8.06. The Bertz CT molecular complexity index is 1210. The van der Waals surface area contributed by atoms with Gasteiger partial charge in [0.15, 0.2) is 0 Å². The molecule has 4 aromatic rings. The summed E-state index contributed by atoms with van der Waals surface area (Å²) >= 11 is 1.56. The molecule has 150 valence electrons. The highest BCUT2D eigenvalue weighted by molar-refractivity contribution is 7.89. The SMILES string of the molecule is CCC(NS(=O)(=O)c1ccc(Cn2c(C)nc3cnccc32)cc1)c1cccs1. The summed E-state index contributed by atoms with van der Waals surface area (Å²) in [7, 11) is -3.59. The number of nitrogens with zero attached hydrogens (tertiary/aromatic N) is 3. The fraction of sp³-hybridized carbons (Fsp3) is 0.238. The predicted molar refractivity (Wildman–Crippen MR) is 115 cm³/mol. The van der Waals surface area contributed by atoms with Crippen LogP contribution in [0.25, 0.3) is 11.0 Å². The lowest BCUT2D eigenvalue weighted by Crippen LogP contribution is -2.27. The van der Waals surface area contributed by atoms with Crippen LogP contribution >= 0.6 is 11.3 Å². The molecule has 0 aliphatic heterocycles. The van der Waals surface area contributed by atoms with Gasteiger partial charge < -0.3 is 4.57 Å². The molecule has 0 aliphatic rings. The minimum atomic E-state index is -3.59. The van der Waals surface area contributed by atoms with E-state index < -0.39 is 10.0 Å². The molecule has 0 saturated carbocycles. The number of imidazole rings is 1. The van der Waals surface area contributed by atoms with Crippen molar-refractivity contribution in [1.29, 1.82) is 0 Å². The summed E-state index contributed by atoms with van der Waals surface area (Å²) in [5.74, 6) is 0.896. The number of benzene rings is 1. The molecule has 0 radical (unpaired) electrons. The van der Waals surface area contributed by atoms with E-state index in [0.29, 0.717) is 13.0 Å². The van der Waals surface area contributed by atoms with Crippen LogP contribution in [0.1, 0.15) is 35.7 Å². The van der Waals surface area contributed by atoms with Crippen molar-refractivity contribution in [2.45, 2.75) is 37.8 Å². The van der Waals surface area contributed by atoms with E-state index >= 15 is 0 Å². The number of sulfonamides is 1. The number of aromatic nitrogens is 3. The fourth-order valence-electron chi connectivity index (χ4n) is 3.35. The normalized spacial score (nSPS) is 13.0. The molecule has 1 aromatic carbocycles. The number of fused-ring (bicyclic) bond motifs is 1. The van der Waals surface area contributed by atoms with E-state index in [1.807, 2.05) is 49.6 Å². The Kier molecular flexibility index (Phi) is 5.49. The summed E-state index contributed by atoms with van der Waals surface area (Å²) in [6, 6.07) is 12.6. The summed E-state index contributed by atoms with van der Waals surface area (Å²) in [5, 5.41) is 1.96. The Morgan fingerprint density at radius 2 is 1.97 bits per heavy atom. The predicted octanol–water partition coefficient (Wildman–Crippen LogP) is 4.28. The van der Waals surface area contributed by atoms with Crippen molar-refractivity contribution in [3.8, 4) is 0 Å². The molecule has 0 spiro atoms. The highest BCUT2D eigenvalue weighted by Crippen LogP contribution is 2.24. The Morgan fingerprint density at radius 1 is 1.17 bits per heavy atom. The lowest BCUT2D eigenvalue weighted by molar-refractivity contribution is 0.553. The van der Waals surface area contributed by atoms with E-state index in [1.54, 1.807) is 35.9 Å². The van der Waals surface area contributed by atoms with Crippen molar-refractivity contribution in [2.24, 2.45) is 0 Å². The molecule has 0 bridgehead atoms. The third kappa shape index (κ3) is 4.10. The first kappa shape index (κ1) is 19.8. The third-order valence-corrected chi connectivity index (χ3v) is 7.38. The summed E-state index contributed by atoms with van der Waals surface area (Å²) in [5.41, 5.74) is 2.87. The van der Waals surface area contributed by atoms with Gasteiger partial charge in [0.1, 0.15) is 11.3 Å². The minimum Gasteiger partial charge on any atom is -0.324 e. The molecule has 3 heterocycles. The van der Waals surface area contributed by atoms with Gasteiger partial charge in [-0.05, 0) is 48.6 Å². The lowest BCUT2D eigenvalue weighted by atomic mass is 10.2. The lowest BCUT2D eigenvalue weighted by Gasteiger charge is -2.16. The summed E-state index contributed by atoms with van der Waals surface area (Å²) in [6.07, 6.45) is 4.19. The van der Waals surface area contributed by atoms with Gasteiger partial charge in [0, 0.05) is 17.6 Å². The number of hydrogen-bond donors (Lipinski definition) is 1. The fourth-order valence-corrected chi connectivity index (χ4v) is 5.58. The zero-order chi connectivity index (χ0) is 20.4. The van der Waals surface area contributed by atoms with Crippen LogP contribution in [0, 0.1) is 6.92 Å². The Hall–Kier alpha value is -2.55. The minimum absolute atomic E-state index is 0.215. The molecule has 8 heteroatoms. The van der Waals surface area contributed by atoms with Crippen LogP contribution in [0.3, 0.4) is 0 Å². The molecular formula is C21H22N4O2S2. The van der Waals surface area contributed by atoms with E-state index in [1.165, 1.54) is 0 Å². The van der Waals surface area contributed by atoms with Crippen molar-refractivity contribution in [2.75, 3.05) is 0 Å². The van der Waals surface area contributed by atoms with Gasteiger partial charge in [-0.1, -0.05) is 25.1 Å². The van der Waals surface area contributed by atoms with Crippen LogP contribution in [0.15, 0.2) is 65.1 Å². The molecule has 0 aliphatic carbocycles. The van der Waals surface area contributed by atoms with Crippen molar-refractivity contribution < 1.29 is 8.42 Å². The standard InChI is InChI=1S/C21H22N4O2S2/c1-3-18(21-5-4-12-28-21)24-29(26,27)17-8-6-16(7-9-17)14-25-15(2)23-19-13-22-11-10-20(19)25/h4-13,18,24H,3,14H2,1-2H3. The van der Waals surface area contributed by atoms with E-state index in [0.717, 1.165) is 27.3 Å². The molecule has 6 nitrogen and oxygen atoms in total.